The van der Waals surface area contributed by atoms with Crippen molar-refractivity contribution in [3.05, 3.63) is 41.9 Å². The molecule has 3 aromatic rings. The van der Waals surface area contributed by atoms with E-state index in [-0.39, 0.29) is 6.10 Å². The van der Waals surface area contributed by atoms with Crippen LogP contribution >= 0.6 is 0 Å². The van der Waals surface area contributed by atoms with E-state index < -0.39 is 0 Å². The van der Waals surface area contributed by atoms with Gasteiger partial charge in [0.05, 0.1) is 12.6 Å². The monoisotopic (exact) mass is 342 g/mol. The highest BCUT2D eigenvalue weighted by atomic mass is 16.3. The molecule has 2 aromatic heterocycles. The highest BCUT2D eigenvalue weighted by Crippen LogP contribution is 2.20. The largest absolute Gasteiger partial charge is 0.460 e. The summed E-state index contributed by atoms with van der Waals surface area (Å²) in [5.41, 5.74) is 0.912. The summed E-state index contributed by atoms with van der Waals surface area (Å²) in [6.07, 6.45) is 0.351. The molecule has 1 atom stereocenters. The fourth-order valence-electron chi connectivity index (χ4n) is 3.35. The number of rotatable bonds is 5. The number of aliphatic hydroxyl groups is 1. The number of para-hydroxylation sites is 1. The molecule has 0 aliphatic carbocycles. The van der Waals surface area contributed by atoms with Crippen LogP contribution in [0.3, 0.4) is 0 Å². The number of H-pyrrole nitrogens is 1. The second kappa shape index (κ2) is 7.30. The lowest BCUT2D eigenvalue weighted by molar-refractivity contribution is 0.106. The van der Waals surface area contributed by atoms with Gasteiger partial charge >= 0.3 is 0 Å². The molecule has 1 aromatic carbocycles. The second-order valence-corrected chi connectivity index (χ2v) is 6.52. The summed E-state index contributed by atoms with van der Waals surface area (Å²) in [6, 6.07) is 10.1. The standard InChI is InChI=1S/C17H22N6O2/c24-14-10-22(6-5-17-18-20-21-19-17)7-8-23(11-14)12-15-9-13-3-1-2-4-16(13)25-15/h1-4,9,14,24H,5-8,10-12H2,(H,18,19,20,21). The molecule has 0 spiro atoms. The lowest BCUT2D eigenvalue weighted by Gasteiger charge is -2.20. The van der Waals surface area contributed by atoms with Gasteiger partial charge in [-0.05, 0) is 12.1 Å². The second-order valence-electron chi connectivity index (χ2n) is 6.52. The average molecular weight is 342 g/mol. The highest BCUT2D eigenvalue weighted by Gasteiger charge is 2.22. The van der Waals surface area contributed by atoms with Gasteiger partial charge in [-0.3, -0.25) is 9.80 Å². The molecule has 1 saturated heterocycles. The van der Waals surface area contributed by atoms with Crippen molar-refractivity contribution in [1.29, 1.82) is 0 Å². The van der Waals surface area contributed by atoms with Crippen LogP contribution in [0.5, 0.6) is 0 Å². The van der Waals surface area contributed by atoms with Crippen LogP contribution in [0.2, 0.25) is 0 Å². The van der Waals surface area contributed by atoms with Crippen molar-refractivity contribution >= 4 is 11.0 Å². The molecule has 0 amide bonds. The van der Waals surface area contributed by atoms with E-state index >= 15 is 0 Å². The molecule has 1 unspecified atom stereocenters. The maximum absolute atomic E-state index is 10.3. The molecule has 132 valence electrons. The van der Waals surface area contributed by atoms with Crippen LogP contribution in [0.1, 0.15) is 11.6 Å². The molecule has 8 heteroatoms. The van der Waals surface area contributed by atoms with E-state index in [2.05, 4.69) is 42.6 Å². The number of benzene rings is 1. The molecular weight excluding hydrogens is 320 g/mol. The van der Waals surface area contributed by atoms with Gasteiger partial charge < -0.3 is 9.52 Å². The first-order valence-corrected chi connectivity index (χ1v) is 8.59. The number of aromatic amines is 1. The number of fused-ring (bicyclic) bond motifs is 1. The van der Waals surface area contributed by atoms with Crippen molar-refractivity contribution in [3.63, 3.8) is 0 Å². The zero-order chi connectivity index (χ0) is 17.1. The molecule has 8 nitrogen and oxygen atoms in total. The van der Waals surface area contributed by atoms with E-state index in [4.69, 9.17) is 4.42 Å². The molecule has 1 aliphatic rings. The van der Waals surface area contributed by atoms with Crippen LogP contribution in [-0.4, -0.2) is 74.4 Å². The number of nitrogens with zero attached hydrogens (tertiary/aromatic N) is 5. The van der Waals surface area contributed by atoms with Crippen molar-refractivity contribution in [1.82, 2.24) is 30.4 Å². The molecule has 4 rings (SSSR count). The molecule has 0 saturated carbocycles. The zero-order valence-corrected chi connectivity index (χ0v) is 14.0. The fraction of sp³-hybridized carbons (Fsp3) is 0.471. The van der Waals surface area contributed by atoms with Gasteiger partial charge in [-0.25, -0.2) is 0 Å². The van der Waals surface area contributed by atoms with Crippen LogP contribution in [-0.2, 0) is 13.0 Å². The number of aliphatic hydroxyl groups excluding tert-OH is 1. The summed E-state index contributed by atoms with van der Waals surface area (Å²) in [5.74, 6) is 1.64. The molecule has 25 heavy (non-hydrogen) atoms. The number of aromatic nitrogens is 4. The van der Waals surface area contributed by atoms with Gasteiger partial charge in [0, 0.05) is 44.5 Å². The van der Waals surface area contributed by atoms with Crippen molar-refractivity contribution in [2.24, 2.45) is 0 Å². The minimum Gasteiger partial charge on any atom is -0.460 e. The SMILES string of the molecule is OC1CN(CCc2nn[nH]n2)CCN(Cc2cc3ccccc3o2)C1. The van der Waals surface area contributed by atoms with E-state index in [1.807, 2.05) is 18.2 Å². The van der Waals surface area contributed by atoms with Gasteiger partial charge in [0.1, 0.15) is 11.3 Å². The van der Waals surface area contributed by atoms with Gasteiger partial charge in [-0.1, -0.05) is 23.4 Å². The third-order valence-electron chi connectivity index (χ3n) is 4.57. The van der Waals surface area contributed by atoms with Crippen molar-refractivity contribution in [2.45, 2.75) is 19.1 Å². The number of nitrogens with one attached hydrogen (secondary N) is 1. The van der Waals surface area contributed by atoms with E-state index in [0.29, 0.717) is 25.5 Å². The van der Waals surface area contributed by atoms with Crippen LogP contribution in [0.15, 0.2) is 34.7 Å². The van der Waals surface area contributed by atoms with Gasteiger partial charge in [0.15, 0.2) is 5.82 Å². The summed E-state index contributed by atoms with van der Waals surface area (Å²) in [5, 5.41) is 25.5. The Kier molecular flexibility index (Phi) is 4.73. The number of hydrogen-bond acceptors (Lipinski definition) is 7. The Hall–Kier alpha value is -2.29. The first kappa shape index (κ1) is 16.2. The van der Waals surface area contributed by atoms with Crippen LogP contribution in [0, 0.1) is 0 Å². The molecule has 1 aliphatic heterocycles. The zero-order valence-electron chi connectivity index (χ0n) is 14.0. The summed E-state index contributed by atoms with van der Waals surface area (Å²) in [4.78, 5) is 4.50. The van der Waals surface area contributed by atoms with E-state index in [1.165, 1.54) is 0 Å². The summed E-state index contributed by atoms with van der Waals surface area (Å²) in [7, 11) is 0. The quantitative estimate of drug-likeness (QED) is 0.703. The summed E-state index contributed by atoms with van der Waals surface area (Å²) in [6.45, 7) is 4.62. The maximum Gasteiger partial charge on any atom is 0.175 e. The maximum atomic E-state index is 10.3. The topological polar surface area (TPSA) is 94.3 Å². The number of β-amino-alcohol motifs (C(OH)–C–C–N with tert-alkyl or cyclic N) is 1. The summed E-state index contributed by atoms with van der Waals surface area (Å²) < 4.78 is 5.91. The van der Waals surface area contributed by atoms with Crippen LogP contribution in [0.4, 0.5) is 0 Å². The Balaban J connectivity index is 1.35. The normalized spacial score (nSPS) is 20.1. The van der Waals surface area contributed by atoms with Gasteiger partial charge in [0.25, 0.3) is 0 Å². The molecule has 2 N–H and O–H groups in total. The Morgan fingerprint density at radius 2 is 2.04 bits per heavy atom. The lowest BCUT2D eigenvalue weighted by Crippen LogP contribution is -2.34. The molecule has 0 bridgehead atoms. The lowest BCUT2D eigenvalue weighted by atomic mass is 10.2. The fourth-order valence-corrected chi connectivity index (χ4v) is 3.35. The molecule has 1 fully saturated rings. The summed E-state index contributed by atoms with van der Waals surface area (Å²) >= 11 is 0. The van der Waals surface area contributed by atoms with Crippen LogP contribution < -0.4 is 0 Å². The van der Waals surface area contributed by atoms with Crippen LogP contribution in [0.25, 0.3) is 11.0 Å². The minimum absolute atomic E-state index is 0.378. The highest BCUT2D eigenvalue weighted by molar-refractivity contribution is 5.77. The number of hydrogen-bond donors (Lipinski definition) is 2. The Morgan fingerprint density at radius 3 is 2.88 bits per heavy atom. The van der Waals surface area contributed by atoms with Crippen molar-refractivity contribution in [2.75, 3.05) is 32.7 Å². The van der Waals surface area contributed by atoms with Crippen molar-refractivity contribution < 1.29 is 9.52 Å². The van der Waals surface area contributed by atoms with E-state index in [0.717, 1.165) is 42.8 Å². The molecule has 3 heterocycles. The Bertz CT molecular complexity index is 769. The van der Waals surface area contributed by atoms with Gasteiger partial charge in [-0.2, -0.15) is 5.21 Å². The number of tetrazole rings is 1. The Morgan fingerprint density at radius 1 is 1.20 bits per heavy atom. The third kappa shape index (κ3) is 4.04. The first-order valence-electron chi connectivity index (χ1n) is 8.59. The Labute approximate surface area is 145 Å². The average Bonchev–Trinajstić information content (AvgIpc) is 3.22. The van der Waals surface area contributed by atoms with E-state index in [1.54, 1.807) is 0 Å². The van der Waals surface area contributed by atoms with E-state index in [9.17, 15) is 5.11 Å². The molecule has 0 radical (unpaired) electrons. The van der Waals surface area contributed by atoms with Gasteiger partial charge in [0.2, 0.25) is 0 Å². The smallest absolute Gasteiger partial charge is 0.175 e. The number of furan rings is 1. The predicted octanol–water partition coefficient (Wildman–Crippen LogP) is 0.667. The third-order valence-corrected chi connectivity index (χ3v) is 4.57. The first-order chi connectivity index (χ1) is 12.3. The molecular formula is C17H22N6O2. The van der Waals surface area contributed by atoms with Crippen molar-refractivity contribution in [3.8, 4) is 0 Å². The minimum atomic E-state index is -0.378. The predicted molar refractivity (Wildman–Crippen MR) is 91.8 cm³/mol. The van der Waals surface area contributed by atoms with Gasteiger partial charge in [-0.15, -0.1) is 10.2 Å².